The first-order valence-electron chi connectivity index (χ1n) is 9.86. The van der Waals surface area contributed by atoms with E-state index in [1.807, 2.05) is 24.3 Å². The molecule has 0 saturated carbocycles. The molecule has 9 heteroatoms. The molecule has 1 aromatic heterocycles. The lowest BCUT2D eigenvalue weighted by Gasteiger charge is -2.31. The normalized spacial score (nSPS) is 16.1. The number of anilines is 1. The summed E-state index contributed by atoms with van der Waals surface area (Å²) in [6.45, 7) is 2.64. The molecule has 30 heavy (non-hydrogen) atoms. The van der Waals surface area contributed by atoms with Crippen molar-refractivity contribution in [1.82, 2.24) is 14.3 Å². The standard InChI is InChI=1S/C21H23ClN4O3S/c1-2-30(28,29)26-9-7-15(8-10-26)24-21-23-13-14-11-17(20(27)12-19(14)25-21)16-5-3-4-6-18(16)22/h3-6,11-13,15,27H,2,7-10H2,1H3,(H,23,24,25). The molecule has 0 atom stereocenters. The Balaban J connectivity index is 1.52. The van der Waals surface area contributed by atoms with Gasteiger partial charge in [0.2, 0.25) is 16.0 Å². The lowest BCUT2D eigenvalue weighted by Crippen LogP contribution is -2.43. The Morgan fingerprint density at radius 1 is 1.20 bits per heavy atom. The Labute approximate surface area is 180 Å². The predicted molar refractivity (Wildman–Crippen MR) is 119 cm³/mol. The second kappa shape index (κ2) is 8.37. The quantitative estimate of drug-likeness (QED) is 0.617. The van der Waals surface area contributed by atoms with E-state index in [2.05, 4.69) is 15.3 Å². The van der Waals surface area contributed by atoms with Gasteiger partial charge in [-0.15, -0.1) is 0 Å². The monoisotopic (exact) mass is 446 g/mol. The molecule has 2 heterocycles. The van der Waals surface area contributed by atoms with Gasteiger partial charge in [0, 0.05) is 52.9 Å². The Kier molecular flexibility index (Phi) is 5.81. The molecule has 1 saturated heterocycles. The van der Waals surface area contributed by atoms with Crippen LogP contribution in [0.15, 0.2) is 42.6 Å². The molecule has 3 aromatic rings. The second-order valence-electron chi connectivity index (χ2n) is 7.32. The van der Waals surface area contributed by atoms with Gasteiger partial charge in [-0.1, -0.05) is 29.8 Å². The van der Waals surface area contributed by atoms with Gasteiger partial charge in [-0.25, -0.2) is 22.7 Å². The minimum Gasteiger partial charge on any atom is -0.507 e. The number of nitrogens with one attached hydrogen (secondary N) is 1. The topological polar surface area (TPSA) is 95.4 Å². The number of phenols is 1. The molecule has 0 spiro atoms. The van der Waals surface area contributed by atoms with Gasteiger partial charge in [-0.3, -0.25) is 0 Å². The first-order chi connectivity index (χ1) is 14.4. The van der Waals surface area contributed by atoms with Gasteiger partial charge in [0.05, 0.1) is 11.3 Å². The maximum atomic E-state index is 12.0. The number of hydrogen-bond acceptors (Lipinski definition) is 6. The summed E-state index contributed by atoms with van der Waals surface area (Å²) in [5.41, 5.74) is 1.99. The van der Waals surface area contributed by atoms with E-state index in [0.29, 0.717) is 48.0 Å². The molecule has 0 radical (unpaired) electrons. The molecule has 7 nitrogen and oxygen atoms in total. The molecular formula is C21H23ClN4O3S. The third-order valence-corrected chi connectivity index (χ3v) is 7.62. The van der Waals surface area contributed by atoms with Gasteiger partial charge in [-0.05, 0) is 31.9 Å². The third-order valence-electron chi connectivity index (χ3n) is 5.41. The number of halogens is 1. The first-order valence-corrected chi connectivity index (χ1v) is 11.8. The van der Waals surface area contributed by atoms with Crippen LogP contribution in [0.25, 0.3) is 22.0 Å². The number of phenolic OH excluding ortho intramolecular Hbond substituents is 1. The zero-order chi connectivity index (χ0) is 21.3. The van der Waals surface area contributed by atoms with E-state index in [9.17, 15) is 13.5 Å². The average Bonchev–Trinajstić information content (AvgIpc) is 2.74. The van der Waals surface area contributed by atoms with Gasteiger partial charge in [0.1, 0.15) is 5.75 Å². The highest BCUT2D eigenvalue weighted by atomic mass is 35.5. The fourth-order valence-corrected chi connectivity index (χ4v) is 5.05. The lowest BCUT2D eigenvalue weighted by molar-refractivity contribution is 0.329. The summed E-state index contributed by atoms with van der Waals surface area (Å²) in [5.74, 6) is 0.681. The largest absolute Gasteiger partial charge is 0.507 e. The Hall–Kier alpha value is -2.42. The first kappa shape index (κ1) is 20.8. The predicted octanol–water partition coefficient (Wildman–Crippen LogP) is 3.88. The van der Waals surface area contributed by atoms with Crippen molar-refractivity contribution in [2.75, 3.05) is 24.2 Å². The number of nitrogens with zero attached hydrogens (tertiary/aromatic N) is 3. The van der Waals surface area contributed by atoms with E-state index >= 15 is 0 Å². The number of aromatic hydroxyl groups is 1. The molecule has 2 aromatic carbocycles. The van der Waals surface area contributed by atoms with Crippen molar-refractivity contribution in [2.45, 2.75) is 25.8 Å². The van der Waals surface area contributed by atoms with Gasteiger partial charge in [0.15, 0.2) is 0 Å². The summed E-state index contributed by atoms with van der Waals surface area (Å²) in [6, 6.07) is 10.9. The average molecular weight is 447 g/mol. The summed E-state index contributed by atoms with van der Waals surface area (Å²) in [6.07, 6.45) is 3.09. The summed E-state index contributed by atoms with van der Waals surface area (Å²) in [7, 11) is -3.14. The highest BCUT2D eigenvalue weighted by Gasteiger charge is 2.27. The van der Waals surface area contributed by atoms with Gasteiger partial charge in [-0.2, -0.15) is 0 Å². The number of piperidine rings is 1. The number of rotatable bonds is 5. The van der Waals surface area contributed by atoms with Crippen LogP contribution in [0.1, 0.15) is 19.8 Å². The molecule has 0 bridgehead atoms. The van der Waals surface area contributed by atoms with E-state index in [-0.39, 0.29) is 17.5 Å². The third kappa shape index (κ3) is 4.21. The van der Waals surface area contributed by atoms with Gasteiger partial charge < -0.3 is 10.4 Å². The van der Waals surface area contributed by atoms with Crippen molar-refractivity contribution >= 4 is 38.5 Å². The molecular weight excluding hydrogens is 424 g/mol. The summed E-state index contributed by atoms with van der Waals surface area (Å²) in [4.78, 5) is 8.93. The zero-order valence-electron chi connectivity index (χ0n) is 16.5. The maximum Gasteiger partial charge on any atom is 0.223 e. The van der Waals surface area contributed by atoms with Crippen LogP contribution in [0.4, 0.5) is 5.95 Å². The summed E-state index contributed by atoms with van der Waals surface area (Å²) in [5, 5.41) is 15.2. The summed E-state index contributed by atoms with van der Waals surface area (Å²) >= 11 is 6.27. The van der Waals surface area contributed by atoms with Crippen LogP contribution in [0, 0.1) is 0 Å². The zero-order valence-corrected chi connectivity index (χ0v) is 18.1. The van der Waals surface area contributed by atoms with E-state index in [4.69, 9.17) is 11.6 Å². The summed E-state index contributed by atoms with van der Waals surface area (Å²) < 4.78 is 25.5. The fourth-order valence-electron chi connectivity index (χ4n) is 3.68. The SMILES string of the molecule is CCS(=O)(=O)N1CCC(Nc2ncc3cc(-c4ccccc4Cl)c(O)cc3n2)CC1. The molecule has 0 unspecified atom stereocenters. The van der Waals surface area contributed by atoms with Gasteiger partial charge >= 0.3 is 0 Å². The lowest BCUT2D eigenvalue weighted by atomic mass is 10.0. The van der Waals surface area contributed by atoms with E-state index in [1.165, 1.54) is 0 Å². The Bertz CT molecular complexity index is 1180. The number of aromatic nitrogens is 2. The minimum absolute atomic E-state index is 0.0957. The highest BCUT2D eigenvalue weighted by Crippen LogP contribution is 2.36. The highest BCUT2D eigenvalue weighted by molar-refractivity contribution is 7.89. The smallest absolute Gasteiger partial charge is 0.223 e. The molecule has 2 N–H and O–H groups in total. The van der Waals surface area contributed by atoms with E-state index in [1.54, 1.807) is 29.6 Å². The van der Waals surface area contributed by atoms with Crippen LogP contribution in [-0.4, -0.2) is 52.7 Å². The van der Waals surface area contributed by atoms with Crippen LogP contribution in [-0.2, 0) is 10.0 Å². The van der Waals surface area contributed by atoms with Crippen molar-refractivity contribution in [3.8, 4) is 16.9 Å². The molecule has 0 aliphatic carbocycles. The second-order valence-corrected chi connectivity index (χ2v) is 9.98. The van der Waals surface area contributed by atoms with E-state index in [0.717, 1.165) is 10.9 Å². The van der Waals surface area contributed by atoms with Crippen molar-refractivity contribution in [3.05, 3.63) is 47.6 Å². The Morgan fingerprint density at radius 2 is 1.93 bits per heavy atom. The number of hydrogen-bond donors (Lipinski definition) is 2. The maximum absolute atomic E-state index is 12.0. The number of sulfonamides is 1. The number of benzene rings is 2. The van der Waals surface area contributed by atoms with Crippen LogP contribution >= 0.6 is 11.6 Å². The fraction of sp³-hybridized carbons (Fsp3) is 0.333. The Morgan fingerprint density at radius 3 is 2.63 bits per heavy atom. The van der Waals surface area contributed by atoms with Crippen LogP contribution in [0.2, 0.25) is 5.02 Å². The molecule has 1 aliphatic rings. The van der Waals surface area contributed by atoms with Crippen LogP contribution in [0.3, 0.4) is 0 Å². The molecule has 0 amide bonds. The van der Waals surface area contributed by atoms with Crippen molar-refractivity contribution in [2.24, 2.45) is 0 Å². The van der Waals surface area contributed by atoms with Crippen molar-refractivity contribution < 1.29 is 13.5 Å². The molecule has 1 aliphatic heterocycles. The van der Waals surface area contributed by atoms with Crippen molar-refractivity contribution in [1.29, 1.82) is 0 Å². The van der Waals surface area contributed by atoms with Crippen LogP contribution < -0.4 is 5.32 Å². The minimum atomic E-state index is -3.14. The van der Waals surface area contributed by atoms with Crippen LogP contribution in [0.5, 0.6) is 5.75 Å². The molecule has 1 fully saturated rings. The number of fused-ring (bicyclic) bond motifs is 1. The van der Waals surface area contributed by atoms with Crippen molar-refractivity contribution in [3.63, 3.8) is 0 Å². The van der Waals surface area contributed by atoms with Gasteiger partial charge in [0.25, 0.3) is 0 Å². The molecule has 158 valence electrons. The molecule has 4 rings (SSSR count). The van der Waals surface area contributed by atoms with E-state index < -0.39 is 10.0 Å².